The number of nitrogens with zero attached hydrogens (tertiary/aromatic N) is 7. The number of thioether (sulfide) groups is 1. The van der Waals surface area contributed by atoms with Gasteiger partial charge in [0, 0.05) is 22.6 Å². The summed E-state index contributed by atoms with van der Waals surface area (Å²) in [6.45, 7) is 5.08. The molecule has 0 aliphatic carbocycles. The quantitative estimate of drug-likeness (QED) is 0.206. The molecule has 2 amide bonds. The highest BCUT2D eigenvalue weighted by Crippen LogP contribution is 2.50. The van der Waals surface area contributed by atoms with Gasteiger partial charge in [-0.05, 0) is 41.4 Å². The van der Waals surface area contributed by atoms with Crippen LogP contribution in [0.3, 0.4) is 0 Å². The van der Waals surface area contributed by atoms with E-state index in [2.05, 4.69) is 50.1 Å². The van der Waals surface area contributed by atoms with E-state index in [0.717, 1.165) is 29.7 Å². The van der Waals surface area contributed by atoms with Crippen molar-refractivity contribution < 1.29 is 24.2 Å². The van der Waals surface area contributed by atoms with Crippen molar-refractivity contribution in [3.05, 3.63) is 59.2 Å². The molecular weight excluding hydrogens is 546 g/mol. The summed E-state index contributed by atoms with van der Waals surface area (Å²) in [6, 6.07) is 7.30. The standard InChI is InChI=1S/C27H33N9O4S/c1-16-23-22(17(2)30-21(37)13-34-15-29-31-32-34)26(38)36(23)24(27(39)40)25(16)41-14-18-5-7-19(8-6-18)20-11-33(3)35(12-20)10-4-9-28/h5-8,11-12,15-17,22-23H,4,9-10,13-14,28H2,1-3H3,(H-,30,37,39,40)/t16-,17-,22-,23-/m1/s1. The number of hydrogen-bond acceptors (Lipinski definition) is 9. The molecule has 1 aromatic carbocycles. The summed E-state index contributed by atoms with van der Waals surface area (Å²) in [6.07, 6.45) is 6.40. The van der Waals surface area contributed by atoms with E-state index in [1.165, 1.54) is 27.7 Å². The number of carbonyl (C=O) groups excluding carboxylic acids is 3. The molecule has 1 fully saturated rings. The van der Waals surface area contributed by atoms with Crippen LogP contribution < -0.4 is 20.8 Å². The average Bonchev–Trinajstić information content (AvgIpc) is 3.64. The first-order valence-electron chi connectivity index (χ1n) is 13.5. The van der Waals surface area contributed by atoms with E-state index in [1.54, 1.807) is 6.92 Å². The molecule has 5 rings (SSSR count). The van der Waals surface area contributed by atoms with Crippen molar-refractivity contribution in [3.63, 3.8) is 0 Å². The predicted molar refractivity (Wildman–Crippen MR) is 147 cm³/mol. The van der Waals surface area contributed by atoms with Gasteiger partial charge in [-0.2, -0.15) is 4.68 Å². The number of amides is 2. The molecule has 2 aliphatic heterocycles. The zero-order valence-electron chi connectivity index (χ0n) is 23.1. The van der Waals surface area contributed by atoms with Gasteiger partial charge in [-0.15, -0.1) is 21.5 Å². The summed E-state index contributed by atoms with van der Waals surface area (Å²) in [4.78, 5) is 39.7. The number of benzene rings is 1. The van der Waals surface area contributed by atoms with E-state index in [-0.39, 0.29) is 36.0 Å². The van der Waals surface area contributed by atoms with Crippen LogP contribution in [0.4, 0.5) is 0 Å². The maximum absolute atomic E-state index is 13.1. The summed E-state index contributed by atoms with van der Waals surface area (Å²) in [5.74, 6) is -2.27. The Morgan fingerprint density at radius 2 is 2.00 bits per heavy atom. The van der Waals surface area contributed by atoms with Crippen molar-refractivity contribution in [2.24, 2.45) is 24.6 Å². The third kappa shape index (κ3) is 5.61. The van der Waals surface area contributed by atoms with Crippen LogP contribution in [0.25, 0.3) is 11.1 Å². The molecule has 4 heterocycles. The Morgan fingerprint density at radius 1 is 1.24 bits per heavy atom. The second kappa shape index (κ2) is 11.8. The maximum atomic E-state index is 13.1. The van der Waals surface area contributed by atoms with Crippen LogP contribution in [0.15, 0.2) is 53.6 Å². The summed E-state index contributed by atoms with van der Waals surface area (Å²) >= 11 is 1.41. The highest BCUT2D eigenvalue weighted by molar-refractivity contribution is 8.02. The van der Waals surface area contributed by atoms with Crippen LogP contribution in [0, 0.1) is 11.8 Å². The van der Waals surface area contributed by atoms with Gasteiger partial charge in [0.15, 0.2) is 7.05 Å². The molecule has 216 valence electrons. The molecule has 0 saturated carbocycles. The number of nitrogens with two attached hydrogens (primary N) is 1. The fraction of sp³-hybridized carbons (Fsp3) is 0.444. The van der Waals surface area contributed by atoms with E-state index >= 15 is 0 Å². The minimum atomic E-state index is -1.37. The number of carboxylic acid groups (broad SMARTS) is 1. The van der Waals surface area contributed by atoms with Crippen molar-refractivity contribution in [1.29, 1.82) is 0 Å². The van der Waals surface area contributed by atoms with Crippen LogP contribution in [0.1, 0.15) is 25.8 Å². The topological polar surface area (TPSA) is 168 Å². The van der Waals surface area contributed by atoms with Crippen molar-refractivity contribution in [1.82, 2.24) is 35.1 Å². The van der Waals surface area contributed by atoms with Crippen molar-refractivity contribution in [2.75, 3.05) is 6.54 Å². The van der Waals surface area contributed by atoms with Gasteiger partial charge < -0.3 is 25.9 Å². The number of aliphatic carboxylic acids is 1. The van der Waals surface area contributed by atoms with E-state index in [4.69, 9.17) is 5.73 Å². The zero-order chi connectivity index (χ0) is 29.3. The normalized spacial score (nSPS) is 20.6. The van der Waals surface area contributed by atoms with Gasteiger partial charge in [-0.25, -0.2) is 4.68 Å². The van der Waals surface area contributed by atoms with Gasteiger partial charge in [0.1, 0.15) is 12.9 Å². The summed E-state index contributed by atoms with van der Waals surface area (Å²) in [5, 5.41) is 25.7. The molecule has 4 atom stereocenters. The van der Waals surface area contributed by atoms with Crippen molar-refractivity contribution in [3.8, 4) is 11.1 Å². The Bertz CT molecular complexity index is 1470. The molecule has 3 aromatic rings. The van der Waals surface area contributed by atoms with Crippen molar-refractivity contribution in [2.45, 2.75) is 51.2 Å². The fourth-order valence-electron chi connectivity index (χ4n) is 5.65. The number of tetrazole rings is 1. The largest absolute Gasteiger partial charge is 0.543 e. The Hall–Kier alpha value is -4.04. The predicted octanol–water partition coefficient (Wildman–Crippen LogP) is -0.809. The van der Waals surface area contributed by atoms with Crippen LogP contribution in [-0.4, -0.2) is 66.2 Å². The second-order valence-electron chi connectivity index (χ2n) is 10.5. The lowest BCUT2D eigenvalue weighted by atomic mass is 9.78. The van der Waals surface area contributed by atoms with Crippen LogP contribution in [0.5, 0.6) is 0 Å². The zero-order valence-corrected chi connectivity index (χ0v) is 24.0. The molecule has 0 spiro atoms. The van der Waals surface area contributed by atoms with Crippen molar-refractivity contribution >= 4 is 29.5 Å². The first-order chi connectivity index (χ1) is 19.7. The fourth-order valence-corrected chi connectivity index (χ4v) is 6.89. The van der Waals surface area contributed by atoms with Gasteiger partial charge >= 0.3 is 0 Å². The minimum absolute atomic E-state index is 0.0658. The third-order valence-corrected chi connectivity index (χ3v) is 9.05. The van der Waals surface area contributed by atoms with E-state index in [1.807, 2.05) is 30.8 Å². The molecule has 14 heteroatoms. The number of rotatable bonds is 12. The van der Waals surface area contributed by atoms with Gasteiger partial charge in [0.25, 0.3) is 0 Å². The first-order valence-corrected chi connectivity index (χ1v) is 14.4. The summed E-state index contributed by atoms with van der Waals surface area (Å²) in [5.41, 5.74) is 8.79. The average molecular weight is 580 g/mol. The number of carbonyl (C=O) groups is 3. The summed E-state index contributed by atoms with van der Waals surface area (Å²) < 4.78 is 5.45. The molecule has 1 saturated heterocycles. The molecule has 2 aromatic heterocycles. The van der Waals surface area contributed by atoms with Crippen LogP contribution in [-0.2, 0) is 40.3 Å². The molecule has 2 aliphatic rings. The number of hydrogen-bond donors (Lipinski definition) is 2. The lowest BCUT2D eigenvalue weighted by Crippen LogP contribution is -2.66. The second-order valence-corrected chi connectivity index (χ2v) is 11.5. The lowest BCUT2D eigenvalue weighted by molar-refractivity contribution is -0.753. The highest BCUT2D eigenvalue weighted by Gasteiger charge is 2.59. The first kappa shape index (κ1) is 28.5. The molecule has 0 radical (unpaired) electrons. The number of carboxylic acids is 1. The molecular formula is C27H33N9O4S. The number of fused-ring (bicyclic) bond motifs is 1. The molecule has 0 unspecified atom stereocenters. The minimum Gasteiger partial charge on any atom is -0.543 e. The number of aryl methyl sites for hydroxylation is 2. The Kier molecular flexibility index (Phi) is 8.22. The lowest BCUT2D eigenvalue weighted by Gasteiger charge is -2.48. The monoisotopic (exact) mass is 579 g/mol. The van der Waals surface area contributed by atoms with E-state index in [0.29, 0.717) is 17.2 Å². The van der Waals surface area contributed by atoms with Crippen LogP contribution >= 0.6 is 11.8 Å². The molecule has 41 heavy (non-hydrogen) atoms. The van der Waals surface area contributed by atoms with Crippen LogP contribution in [0.2, 0.25) is 0 Å². The van der Waals surface area contributed by atoms with E-state index < -0.39 is 17.9 Å². The molecule has 0 bridgehead atoms. The highest BCUT2D eigenvalue weighted by atomic mass is 32.2. The van der Waals surface area contributed by atoms with Gasteiger partial charge in [0.05, 0.1) is 41.9 Å². The Morgan fingerprint density at radius 3 is 2.66 bits per heavy atom. The third-order valence-electron chi connectivity index (χ3n) is 7.70. The molecule has 13 nitrogen and oxygen atoms in total. The van der Waals surface area contributed by atoms with Gasteiger partial charge in [-0.1, -0.05) is 31.2 Å². The smallest absolute Gasteiger partial charge is 0.242 e. The number of nitrogens with one attached hydrogen (secondary N) is 1. The Balaban J connectivity index is 1.24. The summed E-state index contributed by atoms with van der Waals surface area (Å²) in [7, 11) is 2.00. The van der Waals surface area contributed by atoms with Gasteiger partial charge in [0.2, 0.25) is 18.0 Å². The van der Waals surface area contributed by atoms with Gasteiger partial charge in [-0.3, -0.25) is 9.59 Å². The maximum Gasteiger partial charge on any atom is 0.242 e. The SMILES string of the molecule is C[C@@H](NC(=O)Cn1cnnn1)[C@H]1C(=O)N2C(C(=O)[O-])=C(SCc3ccc(-c4cn(CCCN)[n+](C)c4)cc3)[C@H](C)[C@H]12. The number of aromatic nitrogens is 6. The molecule has 3 N–H and O–H groups in total. The Labute approximate surface area is 241 Å². The number of β-lactam (4-membered cyclic amide) rings is 1. The van der Waals surface area contributed by atoms with E-state index in [9.17, 15) is 19.5 Å².